The normalized spacial score (nSPS) is 24.1. The fourth-order valence-corrected chi connectivity index (χ4v) is 3.56. The number of ether oxygens (including phenoxy) is 1. The summed E-state index contributed by atoms with van der Waals surface area (Å²) >= 11 is 0. The molecule has 2 saturated heterocycles. The highest BCUT2D eigenvalue weighted by atomic mass is 16.5. The summed E-state index contributed by atoms with van der Waals surface area (Å²) in [5.41, 5.74) is -0.737. The SMILES string of the molecule is Cn1nc(N2CCCCC2CNCC2(O)CCOCC2)ccc1=O. The predicted octanol–water partition coefficient (Wildman–Crippen LogP) is 0.270. The molecule has 0 amide bonds. The Labute approximate surface area is 142 Å². The molecule has 2 fully saturated rings. The van der Waals surface area contributed by atoms with Gasteiger partial charge in [0, 0.05) is 64.8 Å². The summed E-state index contributed by atoms with van der Waals surface area (Å²) in [6.07, 6.45) is 4.82. The minimum atomic E-state index is -0.646. The van der Waals surface area contributed by atoms with E-state index in [-0.39, 0.29) is 5.56 Å². The molecule has 1 aromatic heterocycles. The highest BCUT2D eigenvalue weighted by Gasteiger charge is 2.30. The topological polar surface area (TPSA) is 79.6 Å². The summed E-state index contributed by atoms with van der Waals surface area (Å²) in [7, 11) is 1.68. The fraction of sp³-hybridized carbons (Fsp3) is 0.765. The number of aromatic nitrogens is 2. The van der Waals surface area contributed by atoms with Crippen LogP contribution in [0.15, 0.2) is 16.9 Å². The first-order chi connectivity index (χ1) is 11.6. The van der Waals surface area contributed by atoms with Gasteiger partial charge in [-0.05, 0) is 25.3 Å². The minimum absolute atomic E-state index is 0.0906. The number of piperidine rings is 1. The van der Waals surface area contributed by atoms with Crippen molar-refractivity contribution in [2.45, 2.75) is 43.7 Å². The Morgan fingerprint density at radius 1 is 1.38 bits per heavy atom. The zero-order valence-electron chi connectivity index (χ0n) is 14.4. The van der Waals surface area contributed by atoms with Crippen molar-refractivity contribution in [2.24, 2.45) is 7.05 Å². The third-order valence-corrected chi connectivity index (χ3v) is 5.13. The molecule has 0 spiro atoms. The van der Waals surface area contributed by atoms with E-state index in [4.69, 9.17) is 4.74 Å². The maximum Gasteiger partial charge on any atom is 0.266 e. The van der Waals surface area contributed by atoms with Gasteiger partial charge in [-0.25, -0.2) is 4.68 Å². The number of nitrogens with zero attached hydrogens (tertiary/aromatic N) is 3. The van der Waals surface area contributed by atoms with Crippen LogP contribution in [-0.2, 0) is 11.8 Å². The summed E-state index contributed by atoms with van der Waals surface area (Å²) in [4.78, 5) is 13.8. The van der Waals surface area contributed by atoms with Gasteiger partial charge in [-0.15, -0.1) is 0 Å². The van der Waals surface area contributed by atoms with E-state index in [9.17, 15) is 9.90 Å². The minimum Gasteiger partial charge on any atom is -0.388 e. The molecule has 0 bridgehead atoms. The number of aliphatic hydroxyl groups is 1. The predicted molar refractivity (Wildman–Crippen MR) is 92.3 cm³/mol. The number of hydrogen-bond acceptors (Lipinski definition) is 6. The monoisotopic (exact) mass is 336 g/mol. The van der Waals surface area contributed by atoms with Crippen LogP contribution < -0.4 is 15.8 Å². The van der Waals surface area contributed by atoms with Gasteiger partial charge in [-0.1, -0.05) is 0 Å². The first kappa shape index (κ1) is 17.4. The number of nitrogens with one attached hydrogen (secondary N) is 1. The van der Waals surface area contributed by atoms with Crippen LogP contribution in [0.3, 0.4) is 0 Å². The standard InChI is InChI=1S/C17H28N4O3/c1-20-16(22)6-5-15(19-20)21-9-3-2-4-14(21)12-18-13-17(23)7-10-24-11-8-17/h5-6,14,18,23H,2-4,7-13H2,1H3. The van der Waals surface area contributed by atoms with Gasteiger partial charge in [0.15, 0.2) is 0 Å². The summed E-state index contributed by atoms with van der Waals surface area (Å²) in [6, 6.07) is 3.73. The van der Waals surface area contributed by atoms with Crippen LogP contribution in [0.5, 0.6) is 0 Å². The Kier molecular flexibility index (Phi) is 5.53. The molecule has 1 aromatic rings. The Morgan fingerprint density at radius 3 is 2.92 bits per heavy atom. The molecule has 7 heteroatoms. The van der Waals surface area contributed by atoms with Crippen molar-refractivity contribution in [3.05, 3.63) is 22.5 Å². The van der Waals surface area contributed by atoms with E-state index in [0.29, 0.717) is 38.6 Å². The van der Waals surface area contributed by atoms with Gasteiger partial charge in [-0.3, -0.25) is 4.79 Å². The van der Waals surface area contributed by atoms with Crippen molar-refractivity contribution < 1.29 is 9.84 Å². The van der Waals surface area contributed by atoms with Gasteiger partial charge in [0.2, 0.25) is 0 Å². The zero-order chi connectivity index (χ0) is 17.0. The molecular weight excluding hydrogens is 308 g/mol. The highest BCUT2D eigenvalue weighted by Crippen LogP contribution is 2.23. The van der Waals surface area contributed by atoms with E-state index in [1.165, 1.54) is 11.1 Å². The molecule has 1 unspecified atom stereocenters. The third kappa shape index (κ3) is 4.15. The molecule has 2 aliphatic rings. The Balaban J connectivity index is 1.60. The molecular formula is C17H28N4O3. The first-order valence-corrected chi connectivity index (χ1v) is 8.89. The van der Waals surface area contributed by atoms with Crippen LogP contribution in [0.4, 0.5) is 5.82 Å². The summed E-state index contributed by atoms with van der Waals surface area (Å²) in [6.45, 7) is 3.64. The van der Waals surface area contributed by atoms with Gasteiger partial charge in [0.1, 0.15) is 5.82 Å². The highest BCUT2D eigenvalue weighted by molar-refractivity contribution is 5.38. The molecule has 2 N–H and O–H groups in total. The number of hydrogen-bond donors (Lipinski definition) is 2. The smallest absolute Gasteiger partial charge is 0.266 e. The fourth-order valence-electron chi connectivity index (χ4n) is 3.56. The zero-order valence-corrected chi connectivity index (χ0v) is 14.4. The van der Waals surface area contributed by atoms with Crippen LogP contribution in [0.2, 0.25) is 0 Å². The van der Waals surface area contributed by atoms with Crippen molar-refractivity contribution in [3.8, 4) is 0 Å². The first-order valence-electron chi connectivity index (χ1n) is 8.89. The molecule has 7 nitrogen and oxygen atoms in total. The van der Waals surface area contributed by atoms with Gasteiger partial charge >= 0.3 is 0 Å². The van der Waals surface area contributed by atoms with E-state index < -0.39 is 5.60 Å². The summed E-state index contributed by atoms with van der Waals surface area (Å²) in [5, 5.41) is 18.4. The molecule has 0 radical (unpaired) electrons. The average molecular weight is 336 g/mol. The molecule has 3 rings (SSSR count). The molecule has 3 heterocycles. The van der Waals surface area contributed by atoms with E-state index in [0.717, 1.165) is 31.7 Å². The van der Waals surface area contributed by atoms with Crippen LogP contribution in [-0.4, -0.2) is 59.4 Å². The van der Waals surface area contributed by atoms with Crippen LogP contribution >= 0.6 is 0 Å². The lowest BCUT2D eigenvalue weighted by Crippen LogP contribution is -2.51. The number of rotatable bonds is 5. The van der Waals surface area contributed by atoms with Crippen LogP contribution in [0, 0.1) is 0 Å². The van der Waals surface area contributed by atoms with Crippen molar-refractivity contribution in [1.82, 2.24) is 15.1 Å². The lowest BCUT2D eigenvalue weighted by molar-refractivity contribution is -0.0616. The number of aryl methyl sites for hydroxylation is 1. The van der Waals surface area contributed by atoms with Crippen molar-refractivity contribution in [1.29, 1.82) is 0 Å². The molecule has 134 valence electrons. The lowest BCUT2D eigenvalue weighted by Gasteiger charge is -2.38. The van der Waals surface area contributed by atoms with Gasteiger partial charge in [-0.2, -0.15) is 5.10 Å². The van der Waals surface area contributed by atoms with Crippen molar-refractivity contribution >= 4 is 5.82 Å². The third-order valence-electron chi connectivity index (χ3n) is 5.13. The van der Waals surface area contributed by atoms with Crippen molar-refractivity contribution in [3.63, 3.8) is 0 Å². The van der Waals surface area contributed by atoms with E-state index in [1.807, 2.05) is 6.07 Å². The maximum atomic E-state index is 11.5. The van der Waals surface area contributed by atoms with Crippen LogP contribution in [0.1, 0.15) is 32.1 Å². The van der Waals surface area contributed by atoms with Gasteiger partial charge < -0.3 is 20.1 Å². The van der Waals surface area contributed by atoms with E-state index in [2.05, 4.69) is 15.3 Å². The molecule has 0 aromatic carbocycles. The molecule has 2 aliphatic heterocycles. The lowest BCUT2D eigenvalue weighted by atomic mass is 9.94. The van der Waals surface area contributed by atoms with Gasteiger partial charge in [0.25, 0.3) is 5.56 Å². The van der Waals surface area contributed by atoms with E-state index >= 15 is 0 Å². The second kappa shape index (κ2) is 7.63. The Morgan fingerprint density at radius 2 is 2.17 bits per heavy atom. The molecule has 0 saturated carbocycles. The molecule has 24 heavy (non-hydrogen) atoms. The Bertz CT molecular complexity index is 598. The number of anilines is 1. The second-order valence-corrected chi connectivity index (χ2v) is 6.96. The summed E-state index contributed by atoms with van der Waals surface area (Å²) < 4.78 is 6.71. The quantitative estimate of drug-likeness (QED) is 0.804. The van der Waals surface area contributed by atoms with Gasteiger partial charge in [0.05, 0.1) is 5.60 Å². The Hall–Kier alpha value is -1.44. The molecule has 1 atom stereocenters. The summed E-state index contributed by atoms with van der Waals surface area (Å²) in [5.74, 6) is 0.855. The largest absolute Gasteiger partial charge is 0.388 e. The van der Waals surface area contributed by atoms with Crippen LogP contribution in [0.25, 0.3) is 0 Å². The van der Waals surface area contributed by atoms with Crippen molar-refractivity contribution in [2.75, 3.05) is 37.7 Å². The molecule has 0 aliphatic carbocycles. The second-order valence-electron chi connectivity index (χ2n) is 6.96. The maximum absolute atomic E-state index is 11.5. The average Bonchev–Trinajstić information content (AvgIpc) is 2.58. The van der Waals surface area contributed by atoms with E-state index in [1.54, 1.807) is 13.1 Å².